The molecule has 1 aliphatic heterocycles. The molecule has 0 aromatic carbocycles. The van der Waals surface area contributed by atoms with Gasteiger partial charge in [0.05, 0.1) is 6.61 Å². The number of aliphatic imine (C=N–C) groups is 1. The summed E-state index contributed by atoms with van der Waals surface area (Å²) in [5, 5.41) is 3.09. The van der Waals surface area contributed by atoms with Gasteiger partial charge in [0.2, 0.25) is 5.90 Å². The van der Waals surface area contributed by atoms with Crippen LogP contribution in [0.15, 0.2) is 16.8 Å². The van der Waals surface area contributed by atoms with Crippen LogP contribution in [0.25, 0.3) is 0 Å². The second-order valence-electron chi connectivity index (χ2n) is 2.54. The van der Waals surface area contributed by atoms with Crippen molar-refractivity contribution in [2.24, 2.45) is 4.99 Å². The molecule has 0 aromatic rings. The van der Waals surface area contributed by atoms with Crippen molar-refractivity contribution in [3.63, 3.8) is 0 Å². The van der Waals surface area contributed by atoms with Gasteiger partial charge in [0, 0.05) is 11.8 Å². The molecule has 0 fully saturated rings. The third kappa shape index (κ3) is 1.97. The van der Waals surface area contributed by atoms with Crippen LogP contribution in [0.3, 0.4) is 0 Å². The fraction of sp³-hybridized carbons (Fsp3) is 0.625. The van der Waals surface area contributed by atoms with Crippen molar-refractivity contribution in [1.82, 2.24) is 5.32 Å². The van der Waals surface area contributed by atoms with E-state index in [2.05, 4.69) is 10.3 Å². The molecule has 0 aromatic heterocycles. The predicted octanol–water partition coefficient (Wildman–Crippen LogP) is 1.27. The quantitative estimate of drug-likeness (QED) is 0.617. The van der Waals surface area contributed by atoms with Crippen molar-refractivity contribution in [2.75, 3.05) is 6.61 Å². The van der Waals surface area contributed by atoms with Gasteiger partial charge in [0.25, 0.3) is 0 Å². The number of nitrogens with one attached hydrogen (secondary N) is 1. The lowest BCUT2D eigenvalue weighted by Gasteiger charge is -2.17. The molecule has 0 amide bonds. The Labute approximate surface area is 67.2 Å². The van der Waals surface area contributed by atoms with Crippen molar-refractivity contribution in [3.8, 4) is 0 Å². The lowest BCUT2D eigenvalue weighted by Crippen LogP contribution is -2.27. The summed E-state index contributed by atoms with van der Waals surface area (Å²) in [6.45, 7) is 6.61. The molecule has 0 spiro atoms. The Balaban J connectivity index is 2.65. The summed E-state index contributed by atoms with van der Waals surface area (Å²) in [6, 6.07) is 0. The maximum Gasteiger partial charge on any atom is 0.215 e. The first kappa shape index (κ1) is 8.11. The monoisotopic (exact) mass is 154 g/mol. The van der Waals surface area contributed by atoms with E-state index in [0.29, 0.717) is 6.61 Å². The normalized spacial score (nSPS) is 23.4. The largest absolute Gasteiger partial charge is 0.478 e. The first-order valence-corrected chi connectivity index (χ1v) is 3.88. The van der Waals surface area contributed by atoms with E-state index < -0.39 is 0 Å². The van der Waals surface area contributed by atoms with E-state index in [9.17, 15) is 0 Å². The van der Waals surface area contributed by atoms with Gasteiger partial charge in [0.15, 0.2) is 0 Å². The van der Waals surface area contributed by atoms with Crippen LogP contribution in [0.5, 0.6) is 0 Å². The van der Waals surface area contributed by atoms with Crippen LogP contribution < -0.4 is 5.32 Å². The number of ether oxygens (including phenoxy) is 1. The van der Waals surface area contributed by atoms with Crippen LogP contribution in [0.2, 0.25) is 0 Å². The molecule has 1 unspecified atom stereocenters. The van der Waals surface area contributed by atoms with Crippen molar-refractivity contribution in [3.05, 3.63) is 11.8 Å². The Morgan fingerprint density at radius 3 is 3.09 bits per heavy atom. The molecule has 3 nitrogen and oxygen atoms in total. The molecule has 0 saturated carbocycles. The van der Waals surface area contributed by atoms with Crippen LogP contribution in [0.1, 0.15) is 20.8 Å². The summed E-state index contributed by atoms with van der Waals surface area (Å²) in [6.07, 6.45) is 2.07. The summed E-state index contributed by atoms with van der Waals surface area (Å²) >= 11 is 0. The van der Waals surface area contributed by atoms with Crippen LogP contribution in [-0.4, -0.2) is 18.7 Å². The number of hydrogen-bond acceptors (Lipinski definition) is 3. The molecule has 1 aliphatic rings. The number of nitrogens with zero attached hydrogens (tertiary/aromatic N) is 1. The lowest BCUT2D eigenvalue weighted by molar-refractivity contribution is 0.321. The molecule has 0 saturated heterocycles. The van der Waals surface area contributed by atoms with E-state index in [4.69, 9.17) is 4.74 Å². The Morgan fingerprint density at radius 1 is 1.73 bits per heavy atom. The van der Waals surface area contributed by atoms with Crippen LogP contribution >= 0.6 is 0 Å². The van der Waals surface area contributed by atoms with E-state index in [1.807, 2.05) is 27.0 Å². The first-order valence-electron chi connectivity index (χ1n) is 3.88. The first-order chi connectivity index (χ1) is 5.24. The molecule has 0 radical (unpaired) electrons. The van der Waals surface area contributed by atoms with Crippen LogP contribution in [0.4, 0.5) is 0 Å². The minimum Gasteiger partial charge on any atom is -0.478 e. The zero-order valence-corrected chi connectivity index (χ0v) is 7.22. The van der Waals surface area contributed by atoms with Crippen molar-refractivity contribution in [1.29, 1.82) is 0 Å². The topological polar surface area (TPSA) is 33.6 Å². The van der Waals surface area contributed by atoms with Gasteiger partial charge in [-0.1, -0.05) is 0 Å². The SMILES string of the molecule is CCOC1=NC(C)NC=C1C. The molecular formula is C8H14N2O. The zero-order chi connectivity index (χ0) is 8.27. The molecule has 1 atom stereocenters. The van der Waals surface area contributed by atoms with Crippen LogP contribution in [0, 0.1) is 0 Å². The molecule has 3 heteroatoms. The zero-order valence-electron chi connectivity index (χ0n) is 7.22. The van der Waals surface area contributed by atoms with Crippen molar-refractivity contribution < 1.29 is 4.74 Å². The van der Waals surface area contributed by atoms with E-state index in [1.54, 1.807) is 0 Å². The molecule has 0 aliphatic carbocycles. The summed E-state index contributed by atoms with van der Waals surface area (Å²) in [5.74, 6) is 0.763. The highest BCUT2D eigenvalue weighted by Crippen LogP contribution is 2.05. The second kappa shape index (κ2) is 3.42. The maximum absolute atomic E-state index is 5.31. The van der Waals surface area contributed by atoms with Gasteiger partial charge in [-0.2, -0.15) is 0 Å². The lowest BCUT2D eigenvalue weighted by atomic mass is 10.3. The fourth-order valence-electron chi connectivity index (χ4n) is 0.910. The standard InChI is InChI=1S/C8H14N2O/c1-4-11-8-6(2)5-9-7(3)10-8/h5,7,9H,4H2,1-3H3. The molecule has 0 bridgehead atoms. The molecule has 1 N–H and O–H groups in total. The molecule has 1 rings (SSSR count). The highest BCUT2D eigenvalue weighted by Gasteiger charge is 2.09. The average Bonchev–Trinajstić information content (AvgIpc) is 1.98. The maximum atomic E-state index is 5.31. The minimum atomic E-state index is 0.139. The van der Waals surface area contributed by atoms with Gasteiger partial charge in [-0.05, 0) is 20.8 Å². The number of hydrogen-bond donors (Lipinski definition) is 1. The summed E-state index contributed by atoms with van der Waals surface area (Å²) in [5.41, 5.74) is 1.06. The van der Waals surface area contributed by atoms with E-state index in [1.165, 1.54) is 0 Å². The average molecular weight is 154 g/mol. The Hall–Kier alpha value is -0.990. The van der Waals surface area contributed by atoms with Crippen molar-refractivity contribution >= 4 is 5.90 Å². The summed E-state index contributed by atoms with van der Waals surface area (Å²) < 4.78 is 5.31. The van der Waals surface area contributed by atoms with Gasteiger partial charge in [0.1, 0.15) is 6.17 Å². The van der Waals surface area contributed by atoms with Gasteiger partial charge in [-0.25, -0.2) is 4.99 Å². The number of rotatable bonds is 1. The van der Waals surface area contributed by atoms with Crippen LogP contribution in [-0.2, 0) is 4.74 Å². The highest BCUT2D eigenvalue weighted by atomic mass is 16.5. The highest BCUT2D eigenvalue weighted by molar-refractivity contribution is 5.93. The predicted molar refractivity (Wildman–Crippen MR) is 45.4 cm³/mol. The molecular weight excluding hydrogens is 140 g/mol. The Morgan fingerprint density at radius 2 is 2.45 bits per heavy atom. The van der Waals surface area contributed by atoms with Gasteiger partial charge >= 0.3 is 0 Å². The van der Waals surface area contributed by atoms with E-state index >= 15 is 0 Å². The minimum absolute atomic E-state index is 0.139. The van der Waals surface area contributed by atoms with Crippen molar-refractivity contribution in [2.45, 2.75) is 26.9 Å². The Kier molecular flexibility index (Phi) is 2.52. The third-order valence-corrected chi connectivity index (χ3v) is 1.47. The smallest absolute Gasteiger partial charge is 0.215 e. The van der Waals surface area contributed by atoms with E-state index in [-0.39, 0.29) is 6.17 Å². The summed E-state index contributed by atoms with van der Waals surface area (Å²) in [7, 11) is 0. The third-order valence-electron chi connectivity index (χ3n) is 1.47. The molecule has 11 heavy (non-hydrogen) atoms. The van der Waals surface area contributed by atoms with Gasteiger partial charge in [-0.3, -0.25) is 0 Å². The fourth-order valence-corrected chi connectivity index (χ4v) is 0.910. The Bertz CT molecular complexity index is 196. The summed E-state index contributed by atoms with van der Waals surface area (Å²) in [4.78, 5) is 4.27. The van der Waals surface area contributed by atoms with Gasteiger partial charge < -0.3 is 10.1 Å². The second-order valence-corrected chi connectivity index (χ2v) is 2.54. The molecule has 62 valence electrons. The van der Waals surface area contributed by atoms with Gasteiger partial charge in [-0.15, -0.1) is 0 Å². The van der Waals surface area contributed by atoms with E-state index in [0.717, 1.165) is 11.5 Å². The molecule has 1 heterocycles.